The number of nitrogens with one attached hydrogen (secondary N) is 2. The summed E-state index contributed by atoms with van der Waals surface area (Å²) in [6.45, 7) is 2.76. The third-order valence-electron chi connectivity index (χ3n) is 3.37. The molecule has 0 amide bonds. The van der Waals surface area contributed by atoms with Crippen LogP contribution < -0.4 is 10.6 Å². The molecule has 1 aliphatic rings. The molecular formula is C14H22N2OS. The highest BCUT2D eigenvalue weighted by Gasteiger charge is 2.19. The van der Waals surface area contributed by atoms with Crippen molar-refractivity contribution in [1.82, 2.24) is 10.6 Å². The molecule has 2 rings (SSSR count). The zero-order valence-electron chi connectivity index (χ0n) is 11.1. The standard InChI is InChI=1S/C14H22N2OS/c1-15-14(9-12-10-16-7-8-17-12)11-3-5-13(18-2)6-4-11/h3-6,12,14-16H,7-10H2,1-2H3. The fourth-order valence-corrected chi connectivity index (χ4v) is 2.70. The second-order valence-electron chi connectivity index (χ2n) is 4.55. The molecule has 0 aromatic heterocycles. The van der Waals surface area contributed by atoms with E-state index in [0.29, 0.717) is 12.1 Å². The van der Waals surface area contributed by atoms with Crippen molar-refractivity contribution in [2.24, 2.45) is 0 Å². The second kappa shape index (κ2) is 7.14. The Kier molecular flexibility index (Phi) is 5.50. The Morgan fingerprint density at radius 2 is 2.22 bits per heavy atom. The lowest BCUT2D eigenvalue weighted by molar-refractivity contribution is 0.0176. The van der Waals surface area contributed by atoms with E-state index in [9.17, 15) is 0 Å². The third-order valence-corrected chi connectivity index (χ3v) is 4.11. The molecule has 1 aromatic rings. The maximum Gasteiger partial charge on any atom is 0.0718 e. The monoisotopic (exact) mass is 266 g/mol. The van der Waals surface area contributed by atoms with Gasteiger partial charge in [0.1, 0.15) is 0 Å². The van der Waals surface area contributed by atoms with Gasteiger partial charge in [-0.15, -0.1) is 11.8 Å². The molecule has 0 bridgehead atoms. The second-order valence-corrected chi connectivity index (χ2v) is 5.43. The predicted molar refractivity (Wildman–Crippen MR) is 77.3 cm³/mol. The molecule has 0 spiro atoms. The molecule has 2 unspecified atom stereocenters. The molecule has 2 N–H and O–H groups in total. The lowest BCUT2D eigenvalue weighted by Crippen LogP contribution is -2.40. The molecule has 100 valence electrons. The summed E-state index contributed by atoms with van der Waals surface area (Å²) in [5.74, 6) is 0. The van der Waals surface area contributed by atoms with Crippen molar-refractivity contribution in [2.45, 2.75) is 23.5 Å². The highest BCUT2D eigenvalue weighted by atomic mass is 32.2. The number of hydrogen-bond acceptors (Lipinski definition) is 4. The summed E-state index contributed by atoms with van der Waals surface area (Å²) in [5, 5.41) is 6.77. The molecular weight excluding hydrogens is 244 g/mol. The summed E-state index contributed by atoms with van der Waals surface area (Å²) in [4.78, 5) is 1.31. The SMILES string of the molecule is CNC(CC1CNCCO1)c1ccc(SC)cc1. The van der Waals surface area contributed by atoms with Gasteiger partial charge in [-0.05, 0) is 37.4 Å². The van der Waals surface area contributed by atoms with Crippen LogP contribution in [0.1, 0.15) is 18.0 Å². The van der Waals surface area contributed by atoms with Crippen LogP contribution in [0, 0.1) is 0 Å². The fraction of sp³-hybridized carbons (Fsp3) is 0.571. The van der Waals surface area contributed by atoms with Gasteiger partial charge in [0.05, 0.1) is 12.7 Å². The zero-order chi connectivity index (χ0) is 12.8. The van der Waals surface area contributed by atoms with Gasteiger partial charge in [-0.1, -0.05) is 12.1 Å². The van der Waals surface area contributed by atoms with Crippen molar-refractivity contribution in [3.05, 3.63) is 29.8 Å². The molecule has 3 nitrogen and oxygen atoms in total. The van der Waals surface area contributed by atoms with E-state index in [1.807, 2.05) is 7.05 Å². The van der Waals surface area contributed by atoms with Crippen molar-refractivity contribution in [2.75, 3.05) is 33.0 Å². The van der Waals surface area contributed by atoms with Crippen molar-refractivity contribution in [1.29, 1.82) is 0 Å². The maximum absolute atomic E-state index is 5.77. The first kappa shape index (κ1) is 13.9. The Hall–Kier alpha value is -0.550. The number of morpholine rings is 1. The summed E-state index contributed by atoms with van der Waals surface area (Å²) in [7, 11) is 2.02. The Balaban J connectivity index is 1.97. The van der Waals surface area contributed by atoms with Crippen LogP contribution in [0.4, 0.5) is 0 Å². The smallest absolute Gasteiger partial charge is 0.0718 e. The van der Waals surface area contributed by atoms with Crippen LogP contribution in [0.3, 0.4) is 0 Å². The molecule has 4 heteroatoms. The van der Waals surface area contributed by atoms with Crippen LogP contribution in [-0.2, 0) is 4.74 Å². The molecule has 1 fully saturated rings. The minimum atomic E-state index is 0.316. The van der Waals surface area contributed by atoms with Crippen LogP contribution >= 0.6 is 11.8 Å². The Morgan fingerprint density at radius 3 is 2.78 bits per heavy atom. The summed E-state index contributed by atoms with van der Waals surface area (Å²) in [6.07, 6.45) is 3.44. The largest absolute Gasteiger partial charge is 0.376 e. The lowest BCUT2D eigenvalue weighted by Gasteiger charge is -2.27. The Bertz CT molecular complexity index is 349. The Morgan fingerprint density at radius 1 is 1.44 bits per heavy atom. The summed E-state index contributed by atoms with van der Waals surface area (Å²) < 4.78 is 5.77. The van der Waals surface area contributed by atoms with Crippen LogP contribution in [0.25, 0.3) is 0 Å². The third kappa shape index (κ3) is 3.72. The molecule has 18 heavy (non-hydrogen) atoms. The summed E-state index contributed by atoms with van der Waals surface area (Å²) >= 11 is 1.78. The topological polar surface area (TPSA) is 33.3 Å². The molecule has 1 aromatic carbocycles. The Labute approximate surface area is 114 Å². The van der Waals surface area contributed by atoms with E-state index >= 15 is 0 Å². The number of benzene rings is 1. The molecule has 0 saturated carbocycles. The molecule has 1 heterocycles. The normalized spacial score (nSPS) is 21.8. The van der Waals surface area contributed by atoms with Crippen LogP contribution in [-0.4, -0.2) is 39.1 Å². The van der Waals surface area contributed by atoms with E-state index in [1.54, 1.807) is 11.8 Å². The minimum Gasteiger partial charge on any atom is -0.376 e. The van der Waals surface area contributed by atoms with E-state index in [0.717, 1.165) is 26.1 Å². The first-order chi connectivity index (χ1) is 8.83. The summed E-state index contributed by atoms with van der Waals surface area (Å²) in [5.41, 5.74) is 1.34. The minimum absolute atomic E-state index is 0.316. The molecule has 1 saturated heterocycles. The quantitative estimate of drug-likeness (QED) is 0.799. The van der Waals surface area contributed by atoms with Crippen LogP contribution in [0.2, 0.25) is 0 Å². The number of hydrogen-bond donors (Lipinski definition) is 2. The molecule has 2 atom stereocenters. The van der Waals surface area contributed by atoms with Crippen molar-refractivity contribution in [3.63, 3.8) is 0 Å². The van der Waals surface area contributed by atoms with Crippen LogP contribution in [0.5, 0.6) is 0 Å². The van der Waals surface area contributed by atoms with E-state index in [-0.39, 0.29) is 0 Å². The highest BCUT2D eigenvalue weighted by molar-refractivity contribution is 7.98. The van der Waals surface area contributed by atoms with Gasteiger partial charge >= 0.3 is 0 Å². The summed E-state index contributed by atoms with van der Waals surface area (Å²) in [6, 6.07) is 9.16. The average molecular weight is 266 g/mol. The van der Waals surface area contributed by atoms with Gasteiger partial charge in [-0.25, -0.2) is 0 Å². The first-order valence-electron chi connectivity index (χ1n) is 6.47. The van der Waals surface area contributed by atoms with Gasteiger partial charge in [0.25, 0.3) is 0 Å². The van der Waals surface area contributed by atoms with Gasteiger partial charge in [0.2, 0.25) is 0 Å². The average Bonchev–Trinajstić information content (AvgIpc) is 2.46. The lowest BCUT2D eigenvalue weighted by atomic mass is 10.0. The van der Waals surface area contributed by atoms with Gasteiger partial charge < -0.3 is 15.4 Å². The fourth-order valence-electron chi connectivity index (χ4n) is 2.29. The predicted octanol–water partition coefficient (Wildman–Crippen LogP) is 2.05. The highest BCUT2D eigenvalue weighted by Crippen LogP contribution is 2.23. The first-order valence-corrected chi connectivity index (χ1v) is 7.69. The number of thioether (sulfide) groups is 1. The van der Waals surface area contributed by atoms with Gasteiger partial charge in [-0.2, -0.15) is 0 Å². The van der Waals surface area contributed by atoms with Gasteiger partial charge in [0.15, 0.2) is 0 Å². The number of ether oxygens (including phenoxy) is 1. The van der Waals surface area contributed by atoms with Crippen molar-refractivity contribution < 1.29 is 4.74 Å². The van der Waals surface area contributed by atoms with Gasteiger partial charge in [0, 0.05) is 24.0 Å². The van der Waals surface area contributed by atoms with Crippen molar-refractivity contribution in [3.8, 4) is 0 Å². The van der Waals surface area contributed by atoms with E-state index < -0.39 is 0 Å². The molecule has 1 aliphatic heterocycles. The van der Waals surface area contributed by atoms with E-state index in [2.05, 4.69) is 41.2 Å². The van der Waals surface area contributed by atoms with Crippen molar-refractivity contribution >= 4 is 11.8 Å². The van der Waals surface area contributed by atoms with Gasteiger partial charge in [-0.3, -0.25) is 0 Å². The number of rotatable bonds is 5. The van der Waals surface area contributed by atoms with E-state index in [4.69, 9.17) is 4.74 Å². The van der Waals surface area contributed by atoms with E-state index in [1.165, 1.54) is 10.5 Å². The maximum atomic E-state index is 5.77. The molecule has 0 radical (unpaired) electrons. The zero-order valence-corrected chi connectivity index (χ0v) is 11.9. The molecule has 0 aliphatic carbocycles. The van der Waals surface area contributed by atoms with Crippen LogP contribution in [0.15, 0.2) is 29.2 Å².